The van der Waals surface area contributed by atoms with Crippen LogP contribution in [0.1, 0.15) is 18.4 Å². The summed E-state index contributed by atoms with van der Waals surface area (Å²) < 4.78 is 14.0. The maximum atomic E-state index is 6.38. The summed E-state index contributed by atoms with van der Waals surface area (Å²) in [6.07, 6.45) is 3.97. The fourth-order valence-electron chi connectivity index (χ4n) is 5.45. The molecule has 206 valence electrons. The van der Waals surface area contributed by atoms with Crippen LogP contribution in [-0.4, -0.2) is 51.0 Å². The average molecular weight is 546 g/mol. The number of pyridine rings is 1. The Morgan fingerprint density at radius 1 is 0.976 bits per heavy atom. The molecule has 0 saturated carbocycles. The highest BCUT2D eigenvalue weighted by Crippen LogP contribution is 2.34. The van der Waals surface area contributed by atoms with E-state index < -0.39 is 0 Å². The van der Waals surface area contributed by atoms with Crippen LogP contribution in [0.25, 0.3) is 33.5 Å². The summed E-state index contributed by atoms with van der Waals surface area (Å²) in [6.45, 7) is 2.67. The number of anilines is 1. The third-order valence-corrected chi connectivity index (χ3v) is 7.56. The van der Waals surface area contributed by atoms with Gasteiger partial charge in [-0.1, -0.05) is 24.3 Å². The van der Waals surface area contributed by atoms with E-state index >= 15 is 0 Å². The molecule has 1 saturated heterocycles. The number of hydrogen-bond acceptors (Lipinski definition) is 7. The molecule has 0 aliphatic carbocycles. The summed E-state index contributed by atoms with van der Waals surface area (Å²) in [4.78, 5) is 9.44. The van der Waals surface area contributed by atoms with Gasteiger partial charge >= 0.3 is 0 Å². The highest BCUT2D eigenvalue weighted by molar-refractivity contribution is 5.93. The van der Waals surface area contributed by atoms with Crippen LogP contribution in [0, 0.1) is 0 Å². The van der Waals surface area contributed by atoms with Crippen LogP contribution in [0.4, 0.5) is 5.82 Å². The van der Waals surface area contributed by atoms with Crippen LogP contribution in [-0.2, 0) is 6.54 Å². The maximum absolute atomic E-state index is 6.38. The van der Waals surface area contributed by atoms with Gasteiger partial charge in [-0.3, -0.25) is 5.10 Å². The van der Waals surface area contributed by atoms with E-state index in [0.29, 0.717) is 24.0 Å². The van der Waals surface area contributed by atoms with Gasteiger partial charge in [0.25, 0.3) is 0 Å². The van der Waals surface area contributed by atoms with Crippen LogP contribution < -0.4 is 20.1 Å². The van der Waals surface area contributed by atoms with Crippen molar-refractivity contribution in [2.75, 3.05) is 25.5 Å². The predicted molar refractivity (Wildman–Crippen MR) is 161 cm³/mol. The number of fused-ring (bicyclic) bond motifs is 2. The molecular weight excluding hydrogens is 514 g/mol. The minimum absolute atomic E-state index is 0.319. The van der Waals surface area contributed by atoms with Crippen molar-refractivity contribution >= 4 is 27.9 Å². The molecule has 1 atom stereocenters. The number of piperidine rings is 1. The third kappa shape index (κ3) is 5.07. The number of benzene rings is 3. The molecule has 9 nitrogen and oxygen atoms in total. The lowest BCUT2D eigenvalue weighted by Crippen LogP contribution is -2.38. The Balaban J connectivity index is 1.17. The zero-order valence-corrected chi connectivity index (χ0v) is 22.8. The van der Waals surface area contributed by atoms with E-state index in [2.05, 4.69) is 72.8 Å². The molecule has 7 rings (SSSR count). The molecule has 4 heterocycles. The van der Waals surface area contributed by atoms with Gasteiger partial charge in [0.05, 0.1) is 18.1 Å². The molecule has 1 aliphatic rings. The Morgan fingerprint density at radius 2 is 1.80 bits per heavy atom. The van der Waals surface area contributed by atoms with E-state index in [4.69, 9.17) is 14.5 Å². The van der Waals surface area contributed by atoms with Crippen LogP contribution in [0.2, 0.25) is 0 Å². The summed E-state index contributed by atoms with van der Waals surface area (Å²) in [5.74, 6) is 3.94. The normalized spacial score (nSPS) is 15.3. The van der Waals surface area contributed by atoms with Gasteiger partial charge in [0.15, 0.2) is 11.5 Å². The Labute approximate surface area is 237 Å². The van der Waals surface area contributed by atoms with Crippen LogP contribution in [0.3, 0.4) is 0 Å². The van der Waals surface area contributed by atoms with E-state index in [9.17, 15) is 0 Å². The quantitative estimate of drug-likeness (QED) is 0.216. The van der Waals surface area contributed by atoms with Crippen molar-refractivity contribution in [2.24, 2.45) is 0 Å². The summed E-state index contributed by atoms with van der Waals surface area (Å²) in [5.41, 5.74) is 4.93. The first-order valence-corrected chi connectivity index (χ1v) is 13.9. The topological polar surface area (TPSA) is 102 Å². The number of aromatic amines is 1. The van der Waals surface area contributed by atoms with Crippen LogP contribution in [0.15, 0.2) is 85.1 Å². The SMILES string of the molecule is COc1ccc(Cn2c(-c3ccc(Oc4ccnc5[nH]nc(N[C@@H]6CCCNC6)c45)cc3)nc3ccccc32)cc1. The first kappa shape index (κ1) is 25.1. The van der Waals surface area contributed by atoms with Crippen molar-refractivity contribution in [3.63, 3.8) is 0 Å². The zero-order valence-electron chi connectivity index (χ0n) is 22.8. The molecular formula is C32H31N7O2. The Bertz CT molecular complexity index is 1790. The van der Waals surface area contributed by atoms with E-state index in [1.807, 2.05) is 36.4 Å². The first-order valence-electron chi connectivity index (χ1n) is 13.9. The second kappa shape index (κ2) is 10.9. The molecule has 3 aromatic carbocycles. The molecule has 0 spiro atoms. The molecule has 1 fully saturated rings. The largest absolute Gasteiger partial charge is 0.497 e. The fraction of sp³-hybridized carbons (Fsp3) is 0.219. The van der Waals surface area contributed by atoms with Crippen molar-refractivity contribution in [1.29, 1.82) is 0 Å². The van der Waals surface area contributed by atoms with Gasteiger partial charge in [-0.2, -0.15) is 5.10 Å². The molecule has 6 aromatic rings. The van der Waals surface area contributed by atoms with Gasteiger partial charge in [0, 0.05) is 37.0 Å². The second-order valence-electron chi connectivity index (χ2n) is 10.3. The van der Waals surface area contributed by atoms with Gasteiger partial charge in [-0.15, -0.1) is 0 Å². The molecule has 0 radical (unpaired) electrons. The summed E-state index contributed by atoms with van der Waals surface area (Å²) in [6, 6.07) is 26.7. The summed E-state index contributed by atoms with van der Waals surface area (Å²) in [7, 11) is 1.68. The number of nitrogens with zero attached hydrogens (tertiary/aromatic N) is 4. The van der Waals surface area contributed by atoms with E-state index in [-0.39, 0.29) is 0 Å². The Morgan fingerprint density at radius 3 is 2.61 bits per heavy atom. The lowest BCUT2D eigenvalue weighted by Gasteiger charge is -2.23. The number of hydrogen-bond donors (Lipinski definition) is 3. The van der Waals surface area contributed by atoms with Crippen molar-refractivity contribution in [3.8, 4) is 28.6 Å². The summed E-state index contributed by atoms with van der Waals surface area (Å²) >= 11 is 0. The highest BCUT2D eigenvalue weighted by Gasteiger charge is 2.19. The number of methoxy groups -OCH3 is 1. The number of imidazole rings is 1. The minimum Gasteiger partial charge on any atom is -0.497 e. The molecule has 41 heavy (non-hydrogen) atoms. The minimum atomic E-state index is 0.319. The van der Waals surface area contributed by atoms with Gasteiger partial charge in [0.1, 0.15) is 28.5 Å². The zero-order chi connectivity index (χ0) is 27.6. The first-order chi connectivity index (χ1) is 20.2. The van der Waals surface area contributed by atoms with Gasteiger partial charge in [-0.05, 0) is 73.5 Å². The van der Waals surface area contributed by atoms with Crippen LogP contribution >= 0.6 is 0 Å². The smallest absolute Gasteiger partial charge is 0.161 e. The van der Waals surface area contributed by atoms with Crippen molar-refractivity contribution in [1.82, 2.24) is 30.0 Å². The molecule has 9 heteroatoms. The number of nitrogens with one attached hydrogen (secondary N) is 3. The monoisotopic (exact) mass is 545 g/mol. The molecule has 1 aliphatic heterocycles. The second-order valence-corrected chi connectivity index (χ2v) is 10.3. The van der Waals surface area contributed by atoms with Crippen molar-refractivity contribution in [2.45, 2.75) is 25.4 Å². The van der Waals surface area contributed by atoms with E-state index in [1.165, 1.54) is 5.56 Å². The third-order valence-electron chi connectivity index (χ3n) is 7.56. The van der Waals surface area contributed by atoms with Crippen molar-refractivity contribution < 1.29 is 9.47 Å². The molecule has 0 bridgehead atoms. The lowest BCUT2D eigenvalue weighted by molar-refractivity contribution is 0.414. The molecule has 0 unspecified atom stereocenters. The maximum Gasteiger partial charge on any atom is 0.161 e. The fourth-order valence-corrected chi connectivity index (χ4v) is 5.45. The van der Waals surface area contributed by atoms with Crippen molar-refractivity contribution in [3.05, 3.63) is 90.6 Å². The number of ether oxygens (including phenoxy) is 2. The molecule has 0 amide bonds. The average Bonchev–Trinajstić information content (AvgIpc) is 3.60. The highest BCUT2D eigenvalue weighted by atomic mass is 16.5. The van der Waals surface area contributed by atoms with Gasteiger partial charge in [0.2, 0.25) is 0 Å². The number of H-pyrrole nitrogens is 1. The number of aromatic nitrogens is 5. The van der Waals surface area contributed by atoms with E-state index in [1.54, 1.807) is 13.3 Å². The molecule has 3 N–H and O–H groups in total. The lowest BCUT2D eigenvalue weighted by atomic mass is 10.1. The van der Waals surface area contributed by atoms with Crippen LogP contribution in [0.5, 0.6) is 17.2 Å². The Kier molecular flexibility index (Phi) is 6.70. The van der Waals surface area contributed by atoms with E-state index in [0.717, 1.165) is 71.1 Å². The number of rotatable bonds is 8. The number of para-hydroxylation sites is 2. The summed E-state index contributed by atoms with van der Waals surface area (Å²) in [5, 5.41) is 15.4. The Hall–Kier alpha value is -4.89. The van der Waals surface area contributed by atoms with Gasteiger partial charge in [-0.25, -0.2) is 9.97 Å². The van der Waals surface area contributed by atoms with Gasteiger partial charge < -0.3 is 24.7 Å². The standard InChI is InChI=1S/C32H31N7O2/c1-40-24-12-8-21(9-13-24)20-39-27-7-3-2-6-26(27)36-32(39)22-10-14-25(15-11-22)41-28-16-18-34-30-29(28)31(38-37-30)35-23-5-4-17-33-19-23/h2-3,6-16,18,23,33H,4-5,17,19-20H2,1H3,(H2,34,35,37,38)/t23-/m1/s1. The predicted octanol–water partition coefficient (Wildman–Crippen LogP) is 5.99. The molecule has 3 aromatic heterocycles.